The number of amides is 2. The lowest BCUT2D eigenvalue weighted by Gasteiger charge is -2.25. The Hall–Kier alpha value is -4.19. The number of anilines is 5. The summed E-state index contributed by atoms with van der Waals surface area (Å²) < 4.78 is 4.70. The van der Waals surface area contributed by atoms with Gasteiger partial charge >= 0.3 is 6.09 Å². The summed E-state index contributed by atoms with van der Waals surface area (Å²) in [6, 6.07) is 7.23. The number of carbonyl (C=O) groups is 2. The van der Waals surface area contributed by atoms with Crippen molar-refractivity contribution >= 4 is 40.8 Å². The van der Waals surface area contributed by atoms with Crippen molar-refractivity contribution in [3.63, 3.8) is 0 Å². The zero-order chi connectivity index (χ0) is 24.9. The van der Waals surface area contributed by atoms with Gasteiger partial charge in [-0.3, -0.25) is 20.5 Å². The fraction of sp³-hybridized carbons (Fsp3) is 0.348. The van der Waals surface area contributed by atoms with Crippen molar-refractivity contribution in [2.24, 2.45) is 0 Å². The molecule has 0 unspecified atom stereocenters. The van der Waals surface area contributed by atoms with Crippen LogP contribution in [0.4, 0.5) is 33.6 Å². The lowest BCUT2D eigenvalue weighted by atomic mass is 10.1. The molecule has 0 aliphatic carbocycles. The highest BCUT2D eigenvalue weighted by Crippen LogP contribution is 2.26. The highest BCUT2D eigenvalue weighted by molar-refractivity contribution is 5.98. The van der Waals surface area contributed by atoms with E-state index in [2.05, 4.69) is 41.4 Å². The van der Waals surface area contributed by atoms with E-state index in [4.69, 9.17) is 4.74 Å². The van der Waals surface area contributed by atoms with Crippen LogP contribution in [0.25, 0.3) is 0 Å². The zero-order valence-electron chi connectivity index (χ0n) is 20.1. The molecule has 1 aliphatic heterocycles. The predicted octanol–water partition coefficient (Wildman–Crippen LogP) is 3.26. The van der Waals surface area contributed by atoms with Crippen LogP contribution >= 0.6 is 0 Å². The van der Waals surface area contributed by atoms with Gasteiger partial charge in [-0.15, -0.1) is 0 Å². The van der Waals surface area contributed by atoms with E-state index in [-0.39, 0.29) is 23.6 Å². The van der Waals surface area contributed by atoms with Crippen LogP contribution in [0, 0.1) is 13.8 Å². The lowest BCUT2D eigenvalue weighted by Crippen LogP contribution is -2.43. The minimum Gasteiger partial charge on any atom is -0.453 e. The van der Waals surface area contributed by atoms with E-state index in [0.717, 1.165) is 30.6 Å². The molecule has 12 heteroatoms. The van der Waals surface area contributed by atoms with E-state index in [1.54, 1.807) is 18.0 Å². The molecule has 4 rings (SSSR count). The van der Waals surface area contributed by atoms with E-state index < -0.39 is 6.09 Å². The van der Waals surface area contributed by atoms with Gasteiger partial charge in [-0.05, 0) is 50.9 Å². The molecule has 3 heterocycles. The number of hydrogen-bond donors (Lipinski definition) is 5. The maximum absolute atomic E-state index is 13.4. The monoisotopic (exact) mass is 479 g/mol. The van der Waals surface area contributed by atoms with Gasteiger partial charge in [0.2, 0.25) is 0 Å². The SMILES string of the molecule is COC(=O)Nc1cc(Nc2nc(Nc3cc(C)[nH]n3)cnc2C(=O)N(C)[C@H]2CCCN2)ccc1C. The average molecular weight is 480 g/mol. The third-order valence-electron chi connectivity index (χ3n) is 5.68. The lowest BCUT2D eigenvalue weighted by molar-refractivity contribution is 0.0713. The van der Waals surface area contributed by atoms with Crippen molar-refractivity contribution in [1.29, 1.82) is 0 Å². The van der Waals surface area contributed by atoms with E-state index in [1.807, 2.05) is 32.0 Å². The third kappa shape index (κ3) is 5.66. The molecule has 1 aromatic carbocycles. The normalized spacial score (nSPS) is 14.9. The molecule has 2 aromatic heterocycles. The van der Waals surface area contributed by atoms with Gasteiger partial charge in [0.05, 0.1) is 19.5 Å². The quantitative estimate of drug-likeness (QED) is 0.344. The fourth-order valence-corrected chi connectivity index (χ4v) is 3.74. The summed E-state index contributed by atoms with van der Waals surface area (Å²) in [6.07, 6.45) is 2.74. The molecule has 0 saturated carbocycles. The molecule has 12 nitrogen and oxygen atoms in total. The summed E-state index contributed by atoms with van der Waals surface area (Å²) in [5.41, 5.74) is 3.09. The molecule has 0 radical (unpaired) electrons. The standard InChI is InChI=1S/C23H29N9O3/c1-13-7-8-15(11-16(13)27-23(34)35-4)26-21-20(22(33)32(3)19-6-5-9-24-19)25-12-18(29-21)28-17-10-14(2)30-31-17/h7-8,10-12,19,24H,5-6,9H2,1-4H3,(H,27,34)(H3,26,28,29,30,31)/t19-/m0/s1. The second-order valence-corrected chi connectivity index (χ2v) is 8.31. The number of methoxy groups -OCH3 is 1. The maximum Gasteiger partial charge on any atom is 0.411 e. The molecule has 5 N–H and O–H groups in total. The first-order chi connectivity index (χ1) is 16.8. The number of H-pyrrole nitrogens is 1. The van der Waals surface area contributed by atoms with E-state index in [9.17, 15) is 9.59 Å². The maximum atomic E-state index is 13.4. The summed E-state index contributed by atoms with van der Waals surface area (Å²) in [5, 5.41) is 19.3. The van der Waals surface area contributed by atoms with E-state index in [0.29, 0.717) is 23.0 Å². The van der Waals surface area contributed by atoms with Crippen LogP contribution in [-0.2, 0) is 4.74 Å². The second kappa shape index (κ2) is 10.4. The number of nitrogens with one attached hydrogen (secondary N) is 5. The largest absolute Gasteiger partial charge is 0.453 e. The summed E-state index contributed by atoms with van der Waals surface area (Å²) in [7, 11) is 3.05. The van der Waals surface area contributed by atoms with Gasteiger partial charge in [0.25, 0.3) is 5.91 Å². The Balaban J connectivity index is 1.66. The van der Waals surface area contributed by atoms with E-state index in [1.165, 1.54) is 13.3 Å². The first-order valence-electron chi connectivity index (χ1n) is 11.2. The fourth-order valence-electron chi connectivity index (χ4n) is 3.74. The molecule has 2 amide bonds. The number of aryl methyl sites for hydroxylation is 2. The average Bonchev–Trinajstić information content (AvgIpc) is 3.52. The number of carbonyl (C=O) groups excluding carboxylic acids is 2. The molecule has 0 spiro atoms. The smallest absolute Gasteiger partial charge is 0.411 e. The highest BCUT2D eigenvalue weighted by Gasteiger charge is 2.27. The molecule has 1 aliphatic rings. The van der Waals surface area contributed by atoms with Crippen LogP contribution in [-0.4, -0.2) is 63.9 Å². The molecular weight excluding hydrogens is 450 g/mol. The van der Waals surface area contributed by atoms with Gasteiger partial charge in [-0.2, -0.15) is 5.10 Å². The number of nitrogens with zero attached hydrogens (tertiary/aromatic N) is 4. The number of aromatic nitrogens is 4. The zero-order valence-corrected chi connectivity index (χ0v) is 20.1. The van der Waals surface area contributed by atoms with Crippen LogP contribution < -0.4 is 21.3 Å². The Labute approximate surface area is 202 Å². The van der Waals surface area contributed by atoms with Crippen molar-refractivity contribution in [1.82, 2.24) is 30.4 Å². The molecule has 1 atom stereocenters. The van der Waals surface area contributed by atoms with Gasteiger partial charge < -0.3 is 20.3 Å². The molecule has 1 fully saturated rings. The minimum absolute atomic E-state index is 0.0581. The first-order valence-corrected chi connectivity index (χ1v) is 11.2. The molecule has 3 aromatic rings. The second-order valence-electron chi connectivity index (χ2n) is 8.31. The number of aromatic amines is 1. The summed E-state index contributed by atoms with van der Waals surface area (Å²) in [5.74, 6) is 0.998. The van der Waals surface area contributed by atoms with Crippen molar-refractivity contribution < 1.29 is 14.3 Å². The Morgan fingerprint density at radius 2 is 2.00 bits per heavy atom. The number of ether oxygens (including phenoxy) is 1. The minimum atomic E-state index is -0.577. The molecule has 35 heavy (non-hydrogen) atoms. The van der Waals surface area contributed by atoms with Gasteiger partial charge in [0.15, 0.2) is 23.1 Å². The summed E-state index contributed by atoms with van der Waals surface area (Å²) in [6.45, 7) is 4.62. The van der Waals surface area contributed by atoms with Gasteiger partial charge in [-0.1, -0.05) is 6.07 Å². The molecule has 1 saturated heterocycles. The third-order valence-corrected chi connectivity index (χ3v) is 5.68. The van der Waals surface area contributed by atoms with Gasteiger partial charge in [0, 0.05) is 30.2 Å². The molecule has 0 bridgehead atoms. The predicted molar refractivity (Wildman–Crippen MR) is 132 cm³/mol. The van der Waals surface area contributed by atoms with Crippen LogP contribution in [0.15, 0.2) is 30.5 Å². The van der Waals surface area contributed by atoms with Crippen LogP contribution in [0.1, 0.15) is 34.6 Å². The van der Waals surface area contributed by atoms with Gasteiger partial charge in [-0.25, -0.2) is 14.8 Å². The first kappa shape index (κ1) is 24.0. The van der Waals surface area contributed by atoms with Crippen molar-refractivity contribution in [3.05, 3.63) is 47.4 Å². The number of rotatable bonds is 7. The Morgan fingerprint density at radius 1 is 1.17 bits per heavy atom. The summed E-state index contributed by atoms with van der Waals surface area (Å²) >= 11 is 0. The van der Waals surface area contributed by atoms with Crippen molar-refractivity contribution in [3.8, 4) is 0 Å². The van der Waals surface area contributed by atoms with Crippen LogP contribution in [0.5, 0.6) is 0 Å². The van der Waals surface area contributed by atoms with Crippen LogP contribution in [0.2, 0.25) is 0 Å². The number of hydrogen-bond acceptors (Lipinski definition) is 9. The van der Waals surface area contributed by atoms with Crippen molar-refractivity contribution in [2.45, 2.75) is 32.9 Å². The Bertz CT molecular complexity index is 1220. The Morgan fingerprint density at radius 3 is 2.69 bits per heavy atom. The highest BCUT2D eigenvalue weighted by atomic mass is 16.5. The van der Waals surface area contributed by atoms with E-state index >= 15 is 0 Å². The summed E-state index contributed by atoms with van der Waals surface area (Å²) in [4.78, 5) is 35.8. The Kier molecular flexibility index (Phi) is 7.11. The van der Waals surface area contributed by atoms with Crippen molar-refractivity contribution in [2.75, 3.05) is 36.7 Å². The van der Waals surface area contributed by atoms with Crippen LogP contribution in [0.3, 0.4) is 0 Å². The number of benzene rings is 1. The molecular formula is C23H29N9O3. The van der Waals surface area contributed by atoms with Gasteiger partial charge in [0.1, 0.15) is 0 Å². The molecule has 184 valence electrons. The topological polar surface area (TPSA) is 149 Å².